The van der Waals surface area contributed by atoms with Gasteiger partial charge in [-0.05, 0) is 55.5 Å². The van der Waals surface area contributed by atoms with Gasteiger partial charge in [0, 0.05) is 10.6 Å². The van der Waals surface area contributed by atoms with Gasteiger partial charge in [0.05, 0.1) is 24.2 Å². The van der Waals surface area contributed by atoms with Gasteiger partial charge in [0.25, 0.3) is 5.56 Å². The number of benzene rings is 1. The van der Waals surface area contributed by atoms with Crippen molar-refractivity contribution >= 4 is 39.3 Å². The fourth-order valence-corrected chi connectivity index (χ4v) is 5.40. The molecule has 6 nitrogen and oxygen atoms in total. The van der Waals surface area contributed by atoms with Crippen LogP contribution in [0.5, 0.6) is 5.75 Å². The molecule has 0 amide bonds. The highest BCUT2D eigenvalue weighted by molar-refractivity contribution is 7.99. The fourth-order valence-electron chi connectivity index (χ4n) is 3.37. The van der Waals surface area contributed by atoms with Gasteiger partial charge in [-0.2, -0.15) is 0 Å². The number of aliphatic carboxylic acids is 1. The van der Waals surface area contributed by atoms with Gasteiger partial charge in [-0.25, -0.2) is 4.98 Å². The number of hydrogen-bond donors (Lipinski definition) is 0. The van der Waals surface area contributed by atoms with Crippen molar-refractivity contribution in [2.24, 2.45) is 0 Å². The van der Waals surface area contributed by atoms with E-state index < -0.39 is 5.97 Å². The fraction of sp³-hybridized carbons (Fsp3) is 0.316. The van der Waals surface area contributed by atoms with E-state index in [4.69, 9.17) is 4.74 Å². The van der Waals surface area contributed by atoms with Crippen molar-refractivity contribution in [3.8, 4) is 11.4 Å². The number of carbonyl (C=O) groups excluding carboxylic acids is 1. The van der Waals surface area contributed by atoms with E-state index in [1.54, 1.807) is 42.7 Å². The number of thiophene rings is 1. The summed E-state index contributed by atoms with van der Waals surface area (Å²) in [6, 6.07) is 7.08. The first-order valence-electron chi connectivity index (χ1n) is 8.63. The number of ether oxygens (including phenoxy) is 1. The quantitative estimate of drug-likeness (QED) is 0.481. The third-order valence-corrected chi connectivity index (χ3v) is 6.71. The summed E-state index contributed by atoms with van der Waals surface area (Å²) in [7, 11) is 1.58. The van der Waals surface area contributed by atoms with E-state index in [0.29, 0.717) is 26.8 Å². The van der Waals surface area contributed by atoms with Crippen molar-refractivity contribution in [1.82, 2.24) is 9.55 Å². The highest BCUT2D eigenvalue weighted by Gasteiger charge is 2.22. The lowest BCUT2D eigenvalue weighted by atomic mass is 9.97. The van der Waals surface area contributed by atoms with E-state index in [1.807, 2.05) is 0 Å². The molecule has 0 spiro atoms. The van der Waals surface area contributed by atoms with Crippen molar-refractivity contribution in [2.75, 3.05) is 12.9 Å². The Morgan fingerprint density at radius 2 is 2.04 bits per heavy atom. The SMILES string of the molecule is COc1ccc(-n2c(SCC(=O)[O-])nc3sc4c(c3c2=O)CCCC4)cc1. The van der Waals surface area contributed by atoms with Gasteiger partial charge in [0.15, 0.2) is 5.16 Å². The van der Waals surface area contributed by atoms with Crippen molar-refractivity contribution < 1.29 is 14.6 Å². The molecule has 2 aromatic heterocycles. The zero-order valence-corrected chi connectivity index (χ0v) is 16.3. The molecule has 1 aromatic carbocycles. The lowest BCUT2D eigenvalue weighted by molar-refractivity contribution is -0.301. The molecular formula is C19H17N2O4S2-. The Morgan fingerprint density at radius 3 is 2.74 bits per heavy atom. The number of carboxylic acid groups (broad SMARTS) is 1. The Bertz CT molecular complexity index is 1070. The summed E-state index contributed by atoms with van der Waals surface area (Å²) in [6.07, 6.45) is 4.06. The maximum absolute atomic E-state index is 13.4. The van der Waals surface area contributed by atoms with Crippen LogP contribution in [-0.2, 0) is 17.6 Å². The molecule has 140 valence electrons. The predicted octanol–water partition coefficient (Wildman–Crippen LogP) is 2.18. The van der Waals surface area contributed by atoms with E-state index in [2.05, 4.69) is 4.98 Å². The van der Waals surface area contributed by atoms with Crippen LogP contribution in [0.3, 0.4) is 0 Å². The normalized spacial score (nSPS) is 13.5. The molecule has 0 saturated heterocycles. The van der Waals surface area contributed by atoms with Gasteiger partial charge < -0.3 is 14.6 Å². The number of aryl methyl sites for hydroxylation is 2. The van der Waals surface area contributed by atoms with Gasteiger partial charge in [-0.1, -0.05) is 11.8 Å². The second-order valence-electron chi connectivity index (χ2n) is 6.28. The Morgan fingerprint density at radius 1 is 1.30 bits per heavy atom. The molecule has 1 aliphatic rings. The van der Waals surface area contributed by atoms with Crippen LogP contribution in [0.15, 0.2) is 34.2 Å². The van der Waals surface area contributed by atoms with E-state index in [1.165, 1.54) is 9.44 Å². The van der Waals surface area contributed by atoms with Crippen LogP contribution in [0.25, 0.3) is 15.9 Å². The first-order chi connectivity index (χ1) is 13.1. The second-order valence-corrected chi connectivity index (χ2v) is 8.31. The van der Waals surface area contributed by atoms with Crippen LogP contribution in [0.1, 0.15) is 23.3 Å². The highest BCUT2D eigenvalue weighted by Crippen LogP contribution is 2.35. The summed E-state index contributed by atoms with van der Waals surface area (Å²) in [5, 5.41) is 12.0. The number of carbonyl (C=O) groups is 1. The maximum atomic E-state index is 13.4. The molecule has 0 atom stereocenters. The summed E-state index contributed by atoms with van der Waals surface area (Å²) in [5.41, 5.74) is 1.59. The van der Waals surface area contributed by atoms with Crippen LogP contribution in [0.2, 0.25) is 0 Å². The van der Waals surface area contributed by atoms with Gasteiger partial charge in [-0.15, -0.1) is 11.3 Å². The number of hydrogen-bond acceptors (Lipinski definition) is 7. The third kappa shape index (κ3) is 3.35. The van der Waals surface area contributed by atoms with Crippen LogP contribution in [0, 0.1) is 0 Å². The lowest BCUT2D eigenvalue weighted by Crippen LogP contribution is -2.26. The average molecular weight is 401 g/mol. The number of rotatable bonds is 5. The second kappa shape index (κ2) is 7.36. The van der Waals surface area contributed by atoms with Gasteiger partial charge in [-0.3, -0.25) is 9.36 Å². The van der Waals surface area contributed by atoms with Crippen molar-refractivity contribution in [3.63, 3.8) is 0 Å². The average Bonchev–Trinajstić information content (AvgIpc) is 3.05. The number of methoxy groups -OCH3 is 1. The minimum atomic E-state index is -1.19. The monoisotopic (exact) mass is 401 g/mol. The molecular weight excluding hydrogens is 384 g/mol. The van der Waals surface area contributed by atoms with Gasteiger partial charge in [0.1, 0.15) is 10.6 Å². The topological polar surface area (TPSA) is 84.2 Å². The lowest BCUT2D eigenvalue weighted by Gasteiger charge is -2.14. The summed E-state index contributed by atoms with van der Waals surface area (Å²) < 4.78 is 6.68. The summed E-state index contributed by atoms with van der Waals surface area (Å²) in [5.74, 6) is -0.780. The van der Waals surface area contributed by atoms with E-state index in [0.717, 1.165) is 43.0 Å². The van der Waals surface area contributed by atoms with Crippen LogP contribution < -0.4 is 15.4 Å². The number of carboxylic acids is 1. The van der Waals surface area contributed by atoms with Crippen LogP contribution in [0.4, 0.5) is 0 Å². The summed E-state index contributed by atoms with van der Waals surface area (Å²) >= 11 is 2.55. The van der Waals surface area contributed by atoms with Gasteiger partial charge in [0.2, 0.25) is 0 Å². The van der Waals surface area contributed by atoms with Crippen LogP contribution >= 0.6 is 23.1 Å². The zero-order chi connectivity index (χ0) is 19.0. The molecule has 2 heterocycles. The number of fused-ring (bicyclic) bond motifs is 3. The summed E-state index contributed by atoms with van der Waals surface area (Å²) in [6.45, 7) is 0. The Kier molecular flexibility index (Phi) is 4.92. The molecule has 8 heteroatoms. The molecule has 0 radical (unpaired) electrons. The molecule has 0 fully saturated rings. The number of nitrogens with zero attached hydrogens (tertiary/aromatic N) is 2. The smallest absolute Gasteiger partial charge is 0.267 e. The molecule has 0 saturated carbocycles. The highest BCUT2D eigenvalue weighted by atomic mass is 32.2. The largest absolute Gasteiger partial charge is 0.549 e. The van der Waals surface area contributed by atoms with Crippen LogP contribution in [-0.4, -0.2) is 28.4 Å². The molecule has 1 aliphatic carbocycles. The van der Waals surface area contributed by atoms with Gasteiger partial charge >= 0.3 is 0 Å². The first kappa shape index (κ1) is 18.1. The molecule has 0 unspecified atom stereocenters. The molecule has 0 bridgehead atoms. The number of thioether (sulfide) groups is 1. The molecule has 0 N–H and O–H groups in total. The Balaban J connectivity index is 1.94. The molecule has 0 aliphatic heterocycles. The predicted molar refractivity (Wildman–Crippen MR) is 104 cm³/mol. The molecule has 27 heavy (non-hydrogen) atoms. The van der Waals surface area contributed by atoms with E-state index >= 15 is 0 Å². The summed E-state index contributed by atoms with van der Waals surface area (Å²) in [4.78, 5) is 30.9. The van der Waals surface area contributed by atoms with E-state index in [-0.39, 0.29) is 11.3 Å². The standard InChI is InChI=1S/C19H18N2O4S2/c1-25-12-8-6-11(7-9-12)21-18(24)16-13-4-2-3-5-14(13)27-17(16)20-19(21)26-10-15(22)23/h6-9H,2-5,10H2,1H3,(H,22,23)/p-1. The minimum Gasteiger partial charge on any atom is -0.549 e. The van der Waals surface area contributed by atoms with Crippen molar-refractivity contribution in [1.29, 1.82) is 0 Å². The Labute approximate surface area is 163 Å². The first-order valence-corrected chi connectivity index (χ1v) is 10.4. The zero-order valence-electron chi connectivity index (χ0n) is 14.7. The number of aromatic nitrogens is 2. The minimum absolute atomic E-state index is 0.148. The van der Waals surface area contributed by atoms with Crippen molar-refractivity contribution in [3.05, 3.63) is 45.1 Å². The van der Waals surface area contributed by atoms with E-state index in [9.17, 15) is 14.7 Å². The third-order valence-electron chi connectivity index (χ3n) is 4.61. The molecule has 3 aromatic rings. The van der Waals surface area contributed by atoms with Crippen molar-refractivity contribution in [2.45, 2.75) is 30.8 Å². The maximum Gasteiger partial charge on any atom is 0.267 e. The Hall–Kier alpha value is -2.32. The molecule has 4 rings (SSSR count).